The number of benzene rings is 2. The highest BCUT2D eigenvalue weighted by Gasteiger charge is 2.29. The molecule has 0 bridgehead atoms. The van der Waals surface area contributed by atoms with Crippen molar-refractivity contribution < 1.29 is 32.6 Å². The lowest BCUT2D eigenvalue weighted by Crippen LogP contribution is -2.25. The van der Waals surface area contributed by atoms with Crippen LogP contribution in [-0.2, 0) is 22.4 Å². The molecule has 29 heavy (non-hydrogen) atoms. The molecule has 156 valence electrons. The Bertz CT molecular complexity index is 830. The van der Waals surface area contributed by atoms with Gasteiger partial charge in [0.1, 0.15) is 12.4 Å². The molecule has 0 aliphatic heterocycles. The van der Waals surface area contributed by atoms with E-state index in [0.29, 0.717) is 29.9 Å². The van der Waals surface area contributed by atoms with Crippen LogP contribution in [0.25, 0.3) is 0 Å². The zero-order valence-electron chi connectivity index (χ0n) is 16.1. The van der Waals surface area contributed by atoms with Gasteiger partial charge in [0.15, 0.2) is 6.10 Å². The first-order chi connectivity index (χ1) is 13.7. The SMILES string of the molecule is CCC(=NOCc1ccc(C(F)(F)F)cc1)c1ccc(OC(CC)C(=O)O)cc1. The summed E-state index contributed by atoms with van der Waals surface area (Å²) in [5.74, 6) is -0.590. The summed E-state index contributed by atoms with van der Waals surface area (Å²) < 4.78 is 43.1. The summed E-state index contributed by atoms with van der Waals surface area (Å²) in [4.78, 5) is 16.3. The number of alkyl halides is 3. The molecule has 0 aliphatic rings. The highest BCUT2D eigenvalue weighted by atomic mass is 19.4. The Hall–Kier alpha value is -3.03. The molecule has 0 spiro atoms. The summed E-state index contributed by atoms with van der Waals surface area (Å²) in [5.41, 5.74) is 1.28. The molecule has 1 atom stereocenters. The Balaban J connectivity index is 1.99. The molecule has 8 heteroatoms. The fourth-order valence-electron chi connectivity index (χ4n) is 2.49. The van der Waals surface area contributed by atoms with Crippen LogP contribution in [0.4, 0.5) is 13.2 Å². The second kappa shape index (κ2) is 9.95. The van der Waals surface area contributed by atoms with E-state index in [1.807, 2.05) is 6.92 Å². The number of hydrogen-bond acceptors (Lipinski definition) is 4. The number of carboxylic acids is 1. The predicted octanol–water partition coefficient (Wildman–Crippen LogP) is 5.28. The number of ether oxygens (including phenoxy) is 1. The summed E-state index contributed by atoms with van der Waals surface area (Å²) in [7, 11) is 0. The Kier molecular flexibility index (Phi) is 7.64. The number of nitrogens with zero attached hydrogens (tertiary/aromatic N) is 1. The van der Waals surface area contributed by atoms with Gasteiger partial charge in [-0.25, -0.2) is 4.79 Å². The van der Waals surface area contributed by atoms with E-state index >= 15 is 0 Å². The Morgan fingerprint density at radius 1 is 1.07 bits per heavy atom. The van der Waals surface area contributed by atoms with Crippen LogP contribution in [0.3, 0.4) is 0 Å². The standard InChI is InChI=1S/C21H22F3NO4/c1-3-18(15-7-11-17(12-8-15)29-19(4-2)20(26)27)25-28-13-14-5-9-16(10-6-14)21(22,23)24/h5-12,19H,3-4,13H2,1-2H3,(H,26,27). The van der Waals surface area contributed by atoms with Crippen molar-refractivity contribution >= 4 is 11.7 Å². The van der Waals surface area contributed by atoms with Gasteiger partial charge < -0.3 is 14.7 Å². The molecule has 5 nitrogen and oxygen atoms in total. The van der Waals surface area contributed by atoms with Crippen LogP contribution < -0.4 is 4.74 Å². The lowest BCUT2D eigenvalue weighted by molar-refractivity contribution is -0.145. The van der Waals surface area contributed by atoms with Gasteiger partial charge in [-0.3, -0.25) is 0 Å². The van der Waals surface area contributed by atoms with Gasteiger partial charge in [-0.2, -0.15) is 13.2 Å². The molecule has 0 aliphatic carbocycles. The second-order valence-corrected chi connectivity index (χ2v) is 6.24. The normalized spacial score (nSPS) is 13.1. The summed E-state index contributed by atoms with van der Waals surface area (Å²) >= 11 is 0. The average molecular weight is 409 g/mol. The maximum atomic E-state index is 12.6. The Labute approximate surface area is 166 Å². The third kappa shape index (κ3) is 6.51. The maximum Gasteiger partial charge on any atom is 0.416 e. The van der Waals surface area contributed by atoms with Gasteiger partial charge in [0, 0.05) is 0 Å². The molecule has 1 N–H and O–H groups in total. The van der Waals surface area contributed by atoms with Crippen LogP contribution in [0.5, 0.6) is 5.75 Å². The van der Waals surface area contributed by atoms with E-state index in [9.17, 15) is 18.0 Å². The largest absolute Gasteiger partial charge is 0.479 e. The molecule has 2 aromatic rings. The molecule has 0 heterocycles. The number of rotatable bonds is 9. The van der Waals surface area contributed by atoms with Gasteiger partial charge in [-0.1, -0.05) is 31.1 Å². The molecule has 0 saturated carbocycles. The van der Waals surface area contributed by atoms with Crippen LogP contribution in [0.15, 0.2) is 53.7 Å². The highest BCUT2D eigenvalue weighted by molar-refractivity contribution is 6.00. The lowest BCUT2D eigenvalue weighted by Gasteiger charge is -2.13. The first-order valence-corrected chi connectivity index (χ1v) is 9.09. The van der Waals surface area contributed by atoms with Gasteiger partial charge in [0.2, 0.25) is 0 Å². The average Bonchev–Trinajstić information content (AvgIpc) is 2.69. The number of aliphatic carboxylic acids is 1. The minimum atomic E-state index is -4.37. The number of oxime groups is 1. The van der Waals surface area contributed by atoms with Gasteiger partial charge >= 0.3 is 12.1 Å². The molecule has 2 aromatic carbocycles. The van der Waals surface area contributed by atoms with Crippen molar-refractivity contribution in [3.63, 3.8) is 0 Å². The summed E-state index contributed by atoms with van der Waals surface area (Å²) in [6, 6.07) is 11.5. The minimum absolute atomic E-state index is 0.0413. The van der Waals surface area contributed by atoms with Gasteiger partial charge in [0.05, 0.1) is 11.3 Å². The Morgan fingerprint density at radius 2 is 1.69 bits per heavy atom. The summed E-state index contributed by atoms with van der Waals surface area (Å²) in [6.45, 7) is 3.66. The third-order valence-electron chi connectivity index (χ3n) is 4.13. The van der Waals surface area contributed by atoms with Crippen molar-refractivity contribution in [1.82, 2.24) is 0 Å². The van der Waals surface area contributed by atoms with E-state index in [1.54, 1.807) is 31.2 Å². The van der Waals surface area contributed by atoms with Crippen LogP contribution in [0.2, 0.25) is 0 Å². The van der Waals surface area contributed by atoms with E-state index in [2.05, 4.69) is 5.16 Å². The van der Waals surface area contributed by atoms with Crippen molar-refractivity contribution in [3.05, 3.63) is 65.2 Å². The van der Waals surface area contributed by atoms with E-state index in [1.165, 1.54) is 12.1 Å². The topological polar surface area (TPSA) is 68.1 Å². The predicted molar refractivity (Wildman–Crippen MR) is 102 cm³/mol. The summed E-state index contributed by atoms with van der Waals surface area (Å²) in [5, 5.41) is 13.1. The minimum Gasteiger partial charge on any atom is -0.479 e. The van der Waals surface area contributed by atoms with Crippen LogP contribution in [-0.4, -0.2) is 22.9 Å². The molecule has 0 radical (unpaired) electrons. The van der Waals surface area contributed by atoms with Crippen molar-refractivity contribution in [1.29, 1.82) is 0 Å². The first kappa shape index (κ1) is 22.3. The van der Waals surface area contributed by atoms with E-state index < -0.39 is 23.8 Å². The monoisotopic (exact) mass is 409 g/mol. The molecule has 1 unspecified atom stereocenters. The van der Waals surface area contributed by atoms with Crippen molar-refractivity contribution in [2.75, 3.05) is 0 Å². The molecule has 0 amide bonds. The van der Waals surface area contributed by atoms with Gasteiger partial charge in [-0.15, -0.1) is 0 Å². The highest BCUT2D eigenvalue weighted by Crippen LogP contribution is 2.29. The van der Waals surface area contributed by atoms with E-state index in [4.69, 9.17) is 14.7 Å². The maximum absolute atomic E-state index is 12.6. The third-order valence-corrected chi connectivity index (χ3v) is 4.13. The van der Waals surface area contributed by atoms with E-state index in [-0.39, 0.29) is 6.61 Å². The smallest absolute Gasteiger partial charge is 0.416 e. The molecule has 2 rings (SSSR count). The number of carbonyl (C=O) groups is 1. The number of hydrogen-bond donors (Lipinski definition) is 1. The van der Waals surface area contributed by atoms with Crippen LogP contribution in [0.1, 0.15) is 43.4 Å². The van der Waals surface area contributed by atoms with Gasteiger partial charge in [-0.05, 0) is 60.4 Å². The molecular formula is C21H22F3NO4. The quantitative estimate of drug-likeness (QED) is 0.452. The Morgan fingerprint density at radius 3 is 2.17 bits per heavy atom. The van der Waals surface area contributed by atoms with Crippen molar-refractivity contribution in [2.24, 2.45) is 5.16 Å². The van der Waals surface area contributed by atoms with Crippen LogP contribution >= 0.6 is 0 Å². The number of carboxylic acid groups (broad SMARTS) is 1. The van der Waals surface area contributed by atoms with Gasteiger partial charge in [0.25, 0.3) is 0 Å². The summed E-state index contributed by atoms with van der Waals surface area (Å²) in [6.07, 6.45) is -4.37. The van der Waals surface area contributed by atoms with Crippen molar-refractivity contribution in [3.8, 4) is 5.75 Å². The molecular weight excluding hydrogens is 387 g/mol. The zero-order chi connectivity index (χ0) is 21.4. The van der Waals surface area contributed by atoms with Crippen LogP contribution in [0, 0.1) is 0 Å². The van der Waals surface area contributed by atoms with E-state index in [0.717, 1.165) is 17.7 Å². The number of halogens is 3. The molecule has 0 saturated heterocycles. The lowest BCUT2D eigenvalue weighted by atomic mass is 10.1. The fourth-order valence-corrected chi connectivity index (χ4v) is 2.49. The first-order valence-electron chi connectivity index (χ1n) is 9.09. The fraction of sp³-hybridized carbons (Fsp3) is 0.333. The zero-order valence-corrected chi connectivity index (χ0v) is 16.1. The second-order valence-electron chi connectivity index (χ2n) is 6.24. The molecule has 0 fully saturated rings. The molecule has 0 aromatic heterocycles. The van der Waals surface area contributed by atoms with Crippen molar-refractivity contribution in [2.45, 2.75) is 45.6 Å².